The lowest BCUT2D eigenvalue weighted by Gasteiger charge is -2.20. The summed E-state index contributed by atoms with van der Waals surface area (Å²) in [5.41, 5.74) is 2.20. The van der Waals surface area contributed by atoms with Crippen molar-refractivity contribution in [2.45, 2.75) is 25.6 Å². The number of nitrogens with zero attached hydrogens (tertiary/aromatic N) is 2. The first-order chi connectivity index (χ1) is 14.5. The molecule has 3 rings (SSSR count). The van der Waals surface area contributed by atoms with Crippen molar-refractivity contribution >= 4 is 34.8 Å². The predicted octanol–water partition coefficient (Wildman–Crippen LogP) is 3.69. The molecule has 2 aromatic carbocycles. The summed E-state index contributed by atoms with van der Waals surface area (Å²) in [6.45, 7) is 4.65. The minimum Gasteiger partial charge on any atom is -0.497 e. The minimum atomic E-state index is -0.366. The predicted molar refractivity (Wildman–Crippen MR) is 121 cm³/mol. The number of rotatable bonds is 7. The van der Waals surface area contributed by atoms with Crippen LogP contribution in [0.3, 0.4) is 0 Å². The van der Waals surface area contributed by atoms with E-state index >= 15 is 0 Å². The molecule has 0 fully saturated rings. The van der Waals surface area contributed by atoms with Crippen molar-refractivity contribution in [1.82, 2.24) is 10.2 Å². The van der Waals surface area contributed by atoms with Gasteiger partial charge in [0.2, 0.25) is 5.91 Å². The number of benzene rings is 2. The fourth-order valence-electron chi connectivity index (χ4n) is 2.91. The quantitative estimate of drug-likeness (QED) is 0.690. The van der Waals surface area contributed by atoms with E-state index in [0.29, 0.717) is 24.0 Å². The van der Waals surface area contributed by atoms with Crippen molar-refractivity contribution in [3.05, 3.63) is 71.4 Å². The Kier molecular flexibility index (Phi) is 7.30. The Labute approximate surface area is 181 Å². The molecule has 0 aliphatic carbocycles. The van der Waals surface area contributed by atoms with Crippen LogP contribution in [0.2, 0.25) is 0 Å². The number of ether oxygens (including phenoxy) is 1. The molecule has 1 N–H and O–H groups in total. The number of hydrogen-bond donors (Lipinski definition) is 1. The van der Waals surface area contributed by atoms with Crippen LogP contribution in [0.15, 0.2) is 65.3 Å². The molecule has 0 saturated heterocycles. The molecule has 0 bridgehead atoms. The van der Waals surface area contributed by atoms with E-state index in [9.17, 15) is 9.59 Å². The smallest absolute Gasteiger partial charge is 0.278 e. The zero-order valence-corrected chi connectivity index (χ0v) is 18.1. The van der Waals surface area contributed by atoms with Gasteiger partial charge in [0.05, 0.1) is 18.9 Å². The highest BCUT2D eigenvalue weighted by molar-refractivity contribution is 8.14. The molecule has 1 heterocycles. The third-order valence-electron chi connectivity index (χ3n) is 4.52. The van der Waals surface area contributed by atoms with Crippen molar-refractivity contribution in [1.29, 1.82) is 0 Å². The van der Waals surface area contributed by atoms with Crippen LogP contribution in [0.1, 0.15) is 25.0 Å². The number of aliphatic imine (C=N–C) groups is 1. The van der Waals surface area contributed by atoms with E-state index in [4.69, 9.17) is 4.74 Å². The molecular formula is C23H25N3O3S. The minimum absolute atomic E-state index is 0.0788. The molecule has 0 unspecified atom stereocenters. The molecule has 2 aromatic rings. The average molecular weight is 424 g/mol. The summed E-state index contributed by atoms with van der Waals surface area (Å²) in [6, 6.07) is 17.2. The maximum atomic E-state index is 13.1. The number of nitrogens with one attached hydrogen (secondary N) is 1. The lowest BCUT2D eigenvalue weighted by atomic mass is 10.1. The summed E-state index contributed by atoms with van der Waals surface area (Å²) < 4.78 is 5.18. The summed E-state index contributed by atoms with van der Waals surface area (Å²) in [4.78, 5) is 31.5. The highest BCUT2D eigenvalue weighted by Crippen LogP contribution is 2.28. The van der Waals surface area contributed by atoms with Gasteiger partial charge in [-0.1, -0.05) is 54.2 Å². The maximum Gasteiger partial charge on any atom is 0.278 e. The van der Waals surface area contributed by atoms with Crippen molar-refractivity contribution < 1.29 is 14.3 Å². The molecule has 1 atom stereocenters. The second kappa shape index (κ2) is 10.1. The fourth-order valence-corrected chi connectivity index (χ4v) is 3.85. The Morgan fingerprint density at radius 1 is 1.20 bits per heavy atom. The second-order valence-electron chi connectivity index (χ2n) is 6.73. The summed E-state index contributed by atoms with van der Waals surface area (Å²) in [5, 5.41) is 2.98. The number of methoxy groups -OCH3 is 1. The molecule has 0 aromatic heterocycles. The van der Waals surface area contributed by atoms with Gasteiger partial charge in [0, 0.05) is 6.54 Å². The van der Waals surface area contributed by atoms with E-state index in [2.05, 4.69) is 10.3 Å². The standard InChI is InChI=1S/C23H25N3O3S/c1-4-24-21(27)16(2)30-23-25-20(14-17-10-12-19(29-3)13-11-17)22(28)26(23)15-18-8-6-5-7-9-18/h5-14,16H,4,15H2,1-3H3,(H,24,27)/b20-14-/t16-/m0/s1. The van der Waals surface area contributed by atoms with Crippen LogP contribution in [0.5, 0.6) is 5.75 Å². The van der Waals surface area contributed by atoms with Gasteiger partial charge in [-0.15, -0.1) is 0 Å². The number of carbonyl (C=O) groups is 2. The van der Waals surface area contributed by atoms with Gasteiger partial charge in [0.25, 0.3) is 5.91 Å². The molecule has 0 spiro atoms. The first kappa shape index (κ1) is 21.6. The highest BCUT2D eigenvalue weighted by atomic mass is 32.2. The van der Waals surface area contributed by atoms with Crippen LogP contribution in [0, 0.1) is 0 Å². The fraction of sp³-hybridized carbons (Fsp3) is 0.261. The molecule has 7 heteroatoms. The second-order valence-corrected chi connectivity index (χ2v) is 8.04. The van der Waals surface area contributed by atoms with E-state index in [1.54, 1.807) is 18.1 Å². The monoisotopic (exact) mass is 423 g/mol. The van der Waals surface area contributed by atoms with E-state index < -0.39 is 0 Å². The Balaban J connectivity index is 1.87. The molecule has 2 amide bonds. The van der Waals surface area contributed by atoms with Crippen molar-refractivity contribution in [3.63, 3.8) is 0 Å². The summed E-state index contributed by atoms with van der Waals surface area (Å²) in [7, 11) is 1.61. The topological polar surface area (TPSA) is 71.0 Å². The first-order valence-electron chi connectivity index (χ1n) is 9.76. The maximum absolute atomic E-state index is 13.1. The lowest BCUT2D eigenvalue weighted by molar-refractivity contribution is -0.123. The van der Waals surface area contributed by atoms with Crippen molar-refractivity contribution in [3.8, 4) is 5.75 Å². The third-order valence-corrected chi connectivity index (χ3v) is 5.61. The molecular weight excluding hydrogens is 398 g/mol. The van der Waals surface area contributed by atoms with Crippen LogP contribution < -0.4 is 10.1 Å². The van der Waals surface area contributed by atoms with Crippen LogP contribution in [-0.4, -0.2) is 40.8 Å². The highest BCUT2D eigenvalue weighted by Gasteiger charge is 2.32. The third kappa shape index (κ3) is 5.30. The van der Waals surface area contributed by atoms with Gasteiger partial charge < -0.3 is 10.1 Å². The Bertz CT molecular complexity index is 955. The van der Waals surface area contributed by atoms with Crippen LogP contribution in [0.4, 0.5) is 0 Å². The van der Waals surface area contributed by atoms with Crippen LogP contribution in [-0.2, 0) is 16.1 Å². The van der Waals surface area contributed by atoms with E-state index in [0.717, 1.165) is 16.9 Å². The lowest BCUT2D eigenvalue weighted by Crippen LogP contribution is -2.35. The summed E-state index contributed by atoms with van der Waals surface area (Å²) in [5.74, 6) is 0.487. The molecule has 156 valence electrons. The summed E-state index contributed by atoms with van der Waals surface area (Å²) in [6.07, 6.45) is 1.75. The van der Waals surface area contributed by atoms with Gasteiger partial charge in [-0.2, -0.15) is 0 Å². The zero-order chi connectivity index (χ0) is 21.5. The zero-order valence-electron chi connectivity index (χ0n) is 17.3. The van der Waals surface area contributed by atoms with Gasteiger partial charge in [0.1, 0.15) is 11.4 Å². The van der Waals surface area contributed by atoms with Gasteiger partial charge >= 0.3 is 0 Å². The van der Waals surface area contributed by atoms with Gasteiger partial charge in [-0.25, -0.2) is 4.99 Å². The van der Waals surface area contributed by atoms with Gasteiger partial charge in [-0.05, 0) is 43.2 Å². The number of amides is 2. The Morgan fingerprint density at radius 3 is 2.53 bits per heavy atom. The Morgan fingerprint density at radius 2 is 1.90 bits per heavy atom. The van der Waals surface area contributed by atoms with E-state index in [-0.39, 0.29) is 17.1 Å². The first-order valence-corrected chi connectivity index (χ1v) is 10.6. The average Bonchev–Trinajstić information content (AvgIpc) is 3.04. The molecule has 30 heavy (non-hydrogen) atoms. The van der Waals surface area contributed by atoms with Gasteiger partial charge in [0.15, 0.2) is 5.17 Å². The number of hydrogen-bond acceptors (Lipinski definition) is 5. The van der Waals surface area contributed by atoms with Crippen molar-refractivity contribution in [2.75, 3.05) is 13.7 Å². The SMILES string of the molecule is CCNC(=O)[C@H](C)SC1=N/C(=C\c2ccc(OC)cc2)C(=O)N1Cc1ccccc1. The number of carbonyl (C=O) groups excluding carboxylic acids is 2. The Hall–Kier alpha value is -3.06. The summed E-state index contributed by atoms with van der Waals surface area (Å²) >= 11 is 1.29. The molecule has 1 aliphatic rings. The van der Waals surface area contributed by atoms with E-state index in [1.807, 2.05) is 68.4 Å². The normalized spacial score (nSPS) is 15.8. The molecule has 1 aliphatic heterocycles. The van der Waals surface area contributed by atoms with Gasteiger partial charge in [-0.3, -0.25) is 14.5 Å². The van der Waals surface area contributed by atoms with E-state index in [1.165, 1.54) is 11.8 Å². The number of thioether (sulfide) groups is 1. The van der Waals surface area contributed by atoms with Crippen LogP contribution in [0.25, 0.3) is 6.08 Å². The molecule has 6 nitrogen and oxygen atoms in total. The molecule has 0 saturated carbocycles. The number of amidine groups is 1. The van der Waals surface area contributed by atoms with Crippen molar-refractivity contribution in [2.24, 2.45) is 4.99 Å². The van der Waals surface area contributed by atoms with Crippen LogP contribution >= 0.6 is 11.8 Å². The molecule has 0 radical (unpaired) electrons. The largest absolute Gasteiger partial charge is 0.497 e.